The van der Waals surface area contributed by atoms with Gasteiger partial charge in [-0.2, -0.15) is 0 Å². The Balaban J connectivity index is 1.74. The van der Waals surface area contributed by atoms with E-state index in [4.69, 9.17) is 0 Å². The molecule has 0 aliphatic heterocycles. The van der Waals surface area contributed by atoms with E-state index in [0.29, 0.717) is 0 Å². The molecule has 2 aromatic carbocycles. The lowest BCUT2D eigenvalue weighted by molar-refractivity contribution is 0.199. The average molecular weight is 301 g/mol. The van der Waals surface area contributed by atoms with Crippen molar-refractivity contribution >= 4 is 33.3 Å². The molecule has 0 amide bonds. The summed E-state index contributed by atoms with van der Waals surface area (Å²) in [6, 6.07) is 16.3. The third kappa shape index (κ3) is 3.03. The number of aromatic nitrogens is 1. The van der Waals surface area contributed by atoms with Crippen LogP contribution in [0.2, 0.25) is 0 Å². The molecule has 2 nitrogen and oxygen atoms in total. The Morgan fingerprint density at radius 2 is 2.05 bits per heavy atom. The van der Waals surface area contributed by atoms with Crippen molar-refractivity contribution in [3.63, 3.8) is 0 Å². The van der Waals surface area contributed by atoms with Crippen molar-refractivity contribution in [2.75, 3.05) is 0 Å². The number of thiazole rings is 1. The lowest BCUT2D eigenvalue weighted by Gasteiger charge is -2.06. The maximum absolute atomic E-state index is 9.61. The van der Waals surface area contributed by atoms with Crippen LogP contribution in [0.1, 0.15) is 23.6 Å². The maximum atomic E-state index is 9.61. The van der Waals surface area contributed by atoms with Gasteiger partial charge in [-0.05, 0) is 36.8 Å². The quantitative estimate of drug-likeness (QED) is 0.713. The van der Waals surface area contributed by atoms with Gasteiger partial charge in [0.05, 0.1) is 22.1 Å². The molecular weight excluding hydrogens is 286 g/mol. The van der Waals surface area contributed by atoms with Gasteiger partial charge >= 0.3 is 0 Å². The summed E-state index contributed by atoms with van der Waals surface area (Å²) in [5, 5.41) is 10.7. The van der Waals surface area contributed by atoms with Crippen LogP contribution in [0.5, 0.6) is 0 Å². The Labute approximate surface area is 126 Å². The lowest BCUT2D eigenvalue weighted by atomic mass is 10.1. The van der Waals surface area contributed by atoms with Crippen LogP contribution in [0.3, 0.4) is 0 Å². The first kappa shape index (κ1) is 13.6. The molecule has 0 spiro atoms. The molecular formula is C16H15NOS2. The number of fused-ring (bicyclic) bond motifs is 1. The minimum absolute atomic E-state index is 0.419. The maximum Gasteiger partial charge on any atom is 0.104 e. The van der Waals surface area contributed by atoms with Crippen molar-refractivity contribution < 1.29 is 5.11 Å². The first-order chi connectivity index (χ1) is 9.72. The highest BCUT2D eigenvalue weighted by atomic mass is 32.2. The summed E-state index contributed by atoms with van der Waals surface area (Å²) in [5.41, 5.74) is 2.03. The van der Waals surface area contributed by atoms with Crippen molar-refractivity contribution in [3.8, 4) is 0 Å². The number of thioether (sulfide) groups is 1. The van der Waals surface area contributed by atoms with Gasteiger partial charge in [-0.25, -0.2) is 4.98 Å². The van der Waals surface area contributed by atoms with Gasteiger partial charge in [0.25, 0.3) is 0 Å². The van der Waals surface area contributed by atoms with E-state index in [-0.39, 0.29) is 0 Å². The van der Waals surface area contributed by atoms with Gasteiger partial charge in [0.1, 0.15) is 5.01 Å². The molecule has 1 unspecified atom stereocenters. The molecule has 0 radical (unpaired) electrons. The Kier molecular flexibility index (Phi) is 4.05. The third-order valence-electron chi connectivity index (χ3n) is 3.04. The van der Waals surface area contributed by atoms with Gasteiger partial charge in [0.2, 0.25) is 0 Å². The molecule has 102 valence electrons. The highest BCUT2D eigenvalue weighted by Gasteiger charge is 2.05. The monoisotopic (exact) mass is 301 g/mol. The fraction of sp³-hybridized carbons (Fsp3) is 0.188. The van der Waals surface area contributed by atoms with Gasteiger partial charge in [0.15, 0.2) is 0 Å². The fourth-order valence-corrected chi connectivity index (χ4v) is 3.92. The molecule has 1 aromatic heterocycles. The third-order valence-corrected chi connectivity index (χ3v) is 5.27. The normalized spacial score (nSPS) is 12.7. The van der Waals surface area contributed by atoms with E-state index in [1.807, 2.05) is 36.4 Å². The zero-order valence-electron chi connectivity index (χ0n) is 11.1. The molecule has 0 aliphatic rings. The summed E-state index contributed by atoms with van der Waals surface area (Å²) in [7, 11) is 0. The fourth-order valence-electron chi connectivity index (χ4n) is 1.99. The van der Waals surface area contributed by atoms with Crippen LogP contribution >= 0.6 is 23.1 Å². The first-order valence-electron chi connectivity index (χ1n) is 6.47. The number of aliphatic hydroxyl groups excluding tert-OH is 1. The highest BCUT2D eigenvalue weighted by Crippen LogP contribution is 2.29. The second-order valence-electron chi connectivity index (χ2n) is 4.61. The van der Waals surface area contributed by atoms with E-state index < -0.39 is 6.10 Å². The number of hydrogen-bond donors (Lipinski definition) is 1. The predicted molar refractivity (Wildman–Crippen MR) is 86.3 cm³/mol. The molecule has 0 fully saturated rings. The van der Waals surface area contributed by atoms with Crippen molar-refractivity contribution in [3.05, 3.63) is 59.1 Å². The Bertz CT molecular complexity index is 688. The van der Waals surface area contributed by atoms with Crippen LogP contribution < -0.4 is 0 Å². The van der Waals surface area contributed by atoms with Gasteiger partial charge in [0, 0.05) is 4.90 Å². The summed E-state index contributed by atoms with van der Waals surface area (Å²) >= 11 is 3.50. The van der Waals surface area contributed by atoms with E-state index in [9.17, 15) is 5.11 Å². The molecule has 3 aromatic rings. The lowest BCUT2D eigenvalue weighted by Crippen LogP contribution is -1.90. The standard InChI is InChI=1S/C16H15NOS2/c1-11(18)12-5-4-6-13(9-12)19-10-16-17-14-7-2-3-8-15(14)20-16/h2-9,11,18H,10H2,1H3. The van der Waals surface area contributed by atoms with Gasteiger partial charge in [-0.1, -0.05) is 24.3 Å². The molecule has 1 heterocycles. The molecule has 4 heteroatoms. The molecule has 1 N–H and O–H groups in total. The van der Waals surface area contributed by atoms with Gasteiger partial charge in [-0.3, -0.25) is 0 Å². The van der Waals surface area contributed by atoms with Crippen molar-refractivity contribution in [1.29, 1.82) is 0 Å². The predicted octanol–water partition coefficient (Wildman–Crippen LogP) is 4.64. The van der Waals surface area contributed by atoms with Crippen molar-refractivity contribution in [2.24, 2.45) is 0 Å². The first-order valence-corrected chi connectivity index (χ1v) is 8.28. The van der Waals surface area contributed by atoms with E-state index in [1.54, 1.807) is 30.0 Å². The summed E-state index contributed by atoms with van der Waals surface area (Å²) in [6.07, 6.45) is -0.419. The molecule has 0 saturated heterocycles. The van der Waals surface area contributed by atoms with E-state index in [2.05, 4.69) is 17.1 Å². The summed E-state index contributed by atoms with van der Waals surface area (Å²) in [6.45, 7) is 1.79. The minimum Gasteiger partial charge on any atom is -0.389 e. The second-order valence-corrected chi connectivity index (χ2v) is 6.78. The minimum atomic E-state index is -0.419. The SMILES string of the molecule is CC(O)c1cccc(SCc2nc3ccccc3s2)c1. The number of benzene rings is 2. The van der Waals surface area contributed by atoms with Gasteiger partial charge in [-0.15, -0.1) is 23.1 Å². The zero-order chi connectivity index (χ0) is 13.9. The Morgan fingerprint density at radius 1 is 1.20 bits per heavy atom. The molecule has 1 atom stereocenters. The number of para-hydroxylation sites is 1. The number of nitrogens with zero attached hydrogens (tertiary/aromatic N) is 1. The van der Waals surface area contributed by atoms with Crippen molar-refractivity contribution in [1.82, 2.24) is 4.98 Å². The van der Waals surface area contributed by atoms with Crippen molar-refractivity contribution in [2.45, 2.75) is 23.7 Å². The van der Waals surface area contributed by atoms with E-state index in [0.717, 1.165) is 21.8 Å². The Hall–Kier alpha value is -1.36. The summed E-state index contributed by atoms with van der Waals surface area (Å²) in [4.78, 5) is 5.80. The Morgan fingerprint density at radius 3 is 2.85 bits per heavy atom. The molecule has 3 rings (SSSR count). The van der Waals surface area contributed by atoms with Crippen LogP contribution in [0, 0.1) is 0 Å². The topological polar surface area (TPSA) is 33.1 Å². The number of hydrogen-bond acceptors (Lipinski definition) is 4. The number of rotatable bonds is 4. The molecule has 20 heavy (non-hydrogen) atoms. The number of aliphatic hydroxyl groups is 1. The van der Waals surface area contributed by atoms with E-state index >= 15 is 0 Å². The van der Waals surface area contributed by atoms with Crippen LogP contribution in [0.25, 0.3) is 10.2 Å². The zero-order valence-corrected chi connectivity index (χ0v) is 12.7. The molecule has 0 aliphatic carbocycles. The van der Waals surface area contributed by atoms with Crippen LogP contribution in [0.15, 0.2) is 53.4 Å². The summed E-state index contributed by atoms with van der Waals surface area (Å²) in [5.74, 6) is 0.864. The second kappa shape index (κ2) is 5.95. The smallest absolute Gasteiger partial charge is 0.104 e. The molecule has 0 saturated carbocycles. The largest absolute Gasteiger partial charge is 0.389 e. The van der Waals surface area contributed by atoms with Crippen LogP contribution in [-0.4, -0.2) is 10.1 Å². The van der Waals surface area contributed by atoms with Crippen LogP contribution in [-0.2, 0) is 5.75 Å². The highest BCUT2D eigenvalue weighted by molar-refractivity contribution is 7.98. The average Bonchev–Trinajstić information content (AvgIpc) is 2.88. The summed E-state index contributed by atoms with van der Waals surface area (Å²) < 4.78 is 1.24. The van der Waals surface area contributed by atoms with E-state index in [1.165, 1.54) is 9.60 Å². The van der Waals surface area contributed by atoms with Gasteiger partial charge < -0.3 is 5.11 Å². The van der Waals surface area contributed by atoms with Crippen LogP contribution in [0.4, 0.5) is 0 Å². The molecule has 0 bridgehead atoms.